The molecule has 1 aliphatic heterocycles. The summed E-state index contributed by atoms with van der Waals surface area (Å²) in [6, 6.07) is 14.7. The molecule has 122 valence electrons. The van der Waals surface area contributed by atoms with Crippen molar-refractivity contribution < 1.29 is 19.0 Å². The van der Waals surface area contributed by atoms with Gasteiger partial charge in [-0.25, -0.2) is 0 Å². The van der Waals surface area contributed by atoms with Crippen LogP contribution in [0.3, 0.4) is 0 Å². The number of rotatable bonds is 6. The molecule has 2 aromatic carbocycles. The van der Waals surface area contributed by atoms with Crippen LogP contribution in [0.1, 0.15) is 11.1 Å². The molecule has 6 heteroatoms. The zero-order chi connectivity index (χ0) is 16.8. The maximum atomic E-state index is 11.9. The van der Waals surface area contributed by atoms with Gasteiger partial charge in [0.1, 0.15) is 5.75 Å². The van der Waals surface area contributed by atoms with Crippen molar-refractivity contribution in [3.05, 3.63) is 53.6 Å². The first-order valence-electron chi connectivity index (χ1n) is 7.48. The van der Waals surface area contributed by atoms with Crippen molar-refractivity contribution in [3.63, 3.8) is 0 Å². The van der Waals surface area contributed by atoms with Crippen molar-refractivity contribution >= 4 is 5.91 Å². The molecule has 0 atom stereocenters. The van der Waals surface area contributed by atoms with Gasteiger partial charge in [-0.05, 0) is 35.4 Å². The van der Waals surface area contributed by atoms with E-state index in [2.05, 4.69) is 11.4 Å². The van der Waals surface area contributed by atoms with Gasteiger partial charge in [-0.3, -0.25) is 4.79 Å². The molecule has 0 aliphatic carbocycles. The molecule has 1 aliphatic rings. The Bertz CT molecular complexity index is 766. The molecule has 1 N–H and O–H groups in total. The van der Waals surface area contributed by atoms with Gasteiger partial charge in [0.25, 0.3) is 5.91 Å². The highest BCUT2D eigenvalue weighted by molar-refractivity contribution is 5.77. The third-order valence-electron chi connectivity index (χ3n) is 3.50. The maximum Gasteiger partial charge on any atom is 0.258 e. The second-order valence-electron chi connectivity index (χ2n) is 5.23. The Kier molecular flexibility index (Phi) is 4.82. The molecule has 0 unspecified atom stereocenters. The molecule has 0 spiro atoms. The highest BCUT2D eigenvalue weighted by Gasteiger charge is 2.13. The molecule has 3 rings (SSSR count). The van der Waals surface area contributed by atoms with Gasteiger partial charge in [0.05, 0.1) is 12.5 Å². The minimum atomic E-state index is -0.214. The number of amides is 1. The molecule has 2 aromatic rings. The lowest BCUT2D eigenvalue weighted by atomic mass is 10.2. The molecule has 0 saturated heterocycles. The van der Waals surface area contributed by atoms with Crippen molar-refractivity contribution in [2.45, 2.75) is 13.0 Å². The fourth-order valence-corrected chi connectivity index (χ4v) is 2.25. The average molecular weight is 324 g/mol. The topological polar surface area (TPSA) is 80.6 Å². The van der Waals surface area contributed by atoms with E-state index < -0.39 is 0 Å². The Balaban J connectivity index is 1.45. The minimum absolute atomic E-state index is 0.0673. The van der Waals surface area contributed by atoms with E-state index in [0.29, 0.717) is 30.2 Å². The molecular weight excluding hydrogens is 308 g/mol. The second kappa shape index (κ2) is 7.38. The summed E-state index contributed by atoms with van der Waals surface area (Å²) >= 11 is 0. The van der Waals surface area contributed by atoms with Crippen LogP contribution in [0.25, 0.3) is 0 Å². The number of nitrogens with zero attached hydrogens (tertiary/aromatic N) is 1. The quantitative estimate of drug-likeness (QED) is 0.881. The van der Waals surface area contributed by atoms with E-state index in [1.165, 1.54) is 0 Å². The van der Waals surface area contributed by atoms with E-state index in [4.69, 9.17) is 19.5 Å². The van der Waals surface area contributed by atoms with Crippen LogP contribution in [0.4, 0.5) is 0 Å². The second-order valence-corrected chi connectivity index (χ2v) is 5.23. The van der Waals surface area contributed by atoms with Crippen molar-refractivity contribution in [1.82, 2.24) is 5.32 Å². The monoisotopic (exact) mass is 324 g/mol. The zero-order valence-electron chi connectivity index (χ0n) is 13.0. The summed E-state index contributed by atoms with van der Waals surface area (Å²) < 4.78 is 16.0. The standard InChI is InChI=1S/C18H16N2O4/c19-8-7-13-1-4-15(5-2-13)22-11-18(21)20-10-14-3-6-16-17(9-14)24-12-23-16/h1-6,9H,7,10-12H2,(H,20,21). The van der Waals surface area contributed by atoms with Gasteiger partial charge >= 0.3 is 0 Å². The Morgan fingerprint density at radius 3 is 2.67 bits per heavy atom. The number of fused-ring (bicyclic) bond motifs is 1. The van der Waals surface area contributed by atoms with Gasteiger partial charge in [-0.2, -0.15) is 5.26 Å². The van der Waals surface area contributed by atoms with Crippen LogP contribution in [0.5, 0.6) is 17.2 Å². The predicted octanol–water partition coefficient (Wildman–Crippen LogP) is 2.18. The molecule has 0 radical (unpaired) electrons. The Morgan fingerprint density at radius 1 is 1.12 bits per heavy atom. The Hall–Kier alpha value is -3.20. The zero-order valence-corrected chi connectivity index (χ0v) is 13.0. The fourth-order valence-electron chi connectivity index (χ4n) is 2.25. The van der Waals surface area contributed by atoms with Crippen LogP contribution in [-0.2, 0) is 17.8 Å². The first kappa shape index (κ1) is 15.7. The van der Waals surface area contributed by atoms with Gasteiger partial charge < -0.3 is 19.5 Å². The molecular formula is C18H16N2O4. The Labute approximate surface area is 139 Å². The average Bonchev–Trinajstić information content (AvgIpc) is 3.07. The largest absolute Gasteiger partial charge is 0.484 e. The molecule has 1 amide bonds. The van der Waals surface area contributed by atoms with Gasteiger partial charge in [-0.15, -0.1) is 0 Å². The molecule has 0 saturated carbocycles. The molecule has 0 bridgehead atoms. The van der Waals surface area contributed by atoms with Gasteiger partial charge in [0, 0.05) is 6.54 Å². The summed E-state index contributed by atoms with van der Waals surface area (Å²) in [6.45, 7) is 0.550. The number of nitrogens with one attached hydrogen (secondary N) is 1. The van der Waals surface area contributed by atoms with Crippen LogP contribution in [-0.4, -0.2) is 19.3 Å². The van der Waals surface area contributed by atoms with E-state index in [9.17, 15) is 4.79 Å². The first-order valence-corrected chi connectivity index (χ1v) is 7.48. The van der Waals surface area contributed by atoms with Gasteiger partial charge in [-0.1, -0.05) is 18.2 Å². The van der Waals surface area contributed by atoms with E-state index in [0.717, 1.165) is 11.1 Å². The summed E-state index contributed by atoms with van der Waals surface area (Å²) in [5.41, 5.74) is 1.84. The Morgan fingerprint density at radius 2 is 1.88 bits per heavy atom. The minimum Gasteiger partial charge on any atom is -0.484 e. The number of hydrogen-bond acceptors (Lipinski definition) is 5. The predicted molar refractivity (Wildman–Crippen MR) is 85.7 cm³/mol. The highest BCUT2D eigenvalue weighted by atomic mass is 16.7. The van der Waals surface area contributed by atoms with Crippen LogP contribution >= 0.6 is 0 Å². The number of carbonyl (C=O) groups excluding carboxylic acids is 1. The highest BCUT2D eigenvalue weighted by Crippen LogP contribution is 2.32. The normalized spacial score (nSPS) is 11.6. The van der Waals surface area contributed by atoms with Crippen LogP contribution in [0, 0.1) is 11.3 Å². The number of hydrogen-bond donors (Lipinski definition) is 1. The molecule has 24 heavy (non-hydrogen) atoms. The number of benzene rings is 2. The van der Waals surface area contributed by atoms with E-state index >= 15 is 0 Å². The third-order valence-corrected chi connectivity index (χ3v) is 3.50. The van der Waals surface area contributed by atoms with E-state index in [-0.39, 0.29) is 19.3 Å². The van der Waals surface area contributed by atoms with Crippen LogP contribution < -0.4 is 19.5 Å². The van der Waals surface area contributed by atoms with Gasteiger partial charge in [0.15, 0.2) is 18.1 Å². The van der Waals surface area contributed by atoms with Crippen molar-refractivity contribution in [3.8, 4) is 23.3 Å². The van der Waals surface area contributed by atoms with E-state index in [1.807, 2.05) is 30.3 Å². The lowest BCUT2D eigenvalue weighted by Crippen LogP contribution is -2.28. The van der Waals surface area contributed by atoms with Crippen molar-refractivity contribution in [2.75, 3.05) is 13.4 Å². The van der Waals surface area contributed by atoms with Crippen molar-refractivity contribution in [1.29, 1.82) is 5.26 Å². The number of ether oxygens (including phenoxy) is 3. The summed E-state index contributed by atoms with van der Waals surface area (Å²) in [5, 5.41) is 11.4. The fraction of sp³-hybridized carbons (Fsp3) is 0.222. The smallest absolute Gasteiger partial charge is 0.258 e. The molecule has 1 heterocycles. The van der Waals surface area contributed by atoms with Crippen LogP contribution in [0.15, 0.2) is 42.5 Å². The van der Waals surface area contributed by atoms with Gasteiger partial charge in [0.2, 0.25) is 6.79 Å². The van der Waals surface area contributed by atoms with Crippen molar-refractivity contribution in [2.24, 2.45) is 0 Å². The first-order chi connectivity index (χ1) is 11.7. The summed E-state index contributed by atoms with van der Waals surface area (Å²) in [7, 11) is 0. The van der Waals surface area contributed by atoms with E-state index in [1.54, 1.807) is 12.1 Å². The lowest BCUT2D eigenvalue weighted by molar-refractivity contribution is -0.123. The van der Waals surface area contributed by atoms with Crippen LogP contribution in [0.2, 0.25) is 0 Å². The molecule has 0 aromatic heterocycles. The summed E-state index contributed by atoms with van der Waals surface area (Å²) in [6.07, 6.45) is 0.357. The third kappa shape index (κ3) is 3.96. The molecule has 6 nitrogen and oxygen atoms in total. The lowest BCUT2D eigenvalue weighted by Gasteiger charge is -2.08. The maximum absolute atomic E-state index is 11.9. The summed E-state index contributed by atoms with van der Waals surface area (Å²) in [4.78, 5) is 11.9. The number of nitriles is 1. The summed E-state index contributed by atoms with van der Waals surface area (Å²) in [5.74, 6) is 1.78. The SMILES string of the molecule is N#CCc1ccc(OCC(=O)NCc2ccc3c(c2)OCO3)cc1. The number of carbonyl (C=O) groups is 1. The molecule has 0 fully saturated rings.